The number of aromatic nitrogens is 7. The lowest BCUT2D eigenvalue weighted by Gasteiger charge is -2.33. The number of nitrogens with zero attached hydrogens (tertiary/aromatic N) is 9. The molecule has 1 aromatic carbocycles. The number of benzene rings is 1. The normalized spacial score (nSPS) is 18.5. The number of pyridine rings is 1. The Kier molecular flexibility index (Phi) is 11.4. The average Bonchev–Trinajstić information content (AvgIpc) is 3.88. The van der Waals surface area contributed by atoms with Crippen LogP contribution in [0.3, 0.4) is 0 Å². The molecule has 276 valence electrons. The highest BCUT2D eigenvalue weighted by molar-refractivity contribution is 5.89. The van der Waals surface area contributed by atoms with Gasteiger partial charge in [0, 0.05) is 25.2 Å². The summed E-state index contributed by atoms with van der Waals surface area (Å²) in [5.41, 5.74) is 4.62. The number of likely N-dealkylation sites (N-methyl/N-ethyl adjacent to an activating group) is 1. The van der Waals surface area contributed by atoms with Crippen molar-refractivity contribution in [3.05, 3.63) is 77.9 Å². The predicted octanol–water partition coefficient (Wildman–Crippen LogP) is 5.65. The summed E-state index contributed by atoms with van der Waals surface area (Å²) >= 11 is 0. The van der Waals surface area contributed by atoms with E-state index in [0.717, 1.165) is 85.2 Å². The van der Waals surface area contributed by atoms with Crippen LogP contribution in [0.15, 0.2) is 61.1 Å². The number of rotatable bonds is 10. The number of carbonyl (C=O) groups is 2. The van der Waals surface area contributed by atoms with E-state index in [9.17, 15) is 4.79 Å². The first-order chi connectivity index (χ1) is 25.1. The van der Waals surface area contributed by atoms with Gasteiger partial charge in [-0.1, -0.05) is 38.1 Å². The molecule has 1 aliphatic carbocycles. The number of nitrogens with one attached hydrogen (secondary N) is 2. The Morgan fingerprint density at radius 3 is 2.62 bits per heavy atom. The van der Waals surface area contributed by atoms with Crippen LogP contribution in [0.4, 0.5) is 16.6 Å². The summed E-state index contributed by atoms with van der Waals surface area (Å²) < 4.78 is 12.4. The summed E-state index contributed by atoms with van der Waals surface area (Å²) in [6.45, 7) is 8.79. The monoisotopic (exact) mass is 711 g/mol. The van der Waals surface area contributed by atoms with Crippen LogP contribution in [0.5, 0.6) is 5.75 Å². The summed E-state index contributed by atoms with van der Waals surface area (Å²) in [6.07, 6.45) is 10.6. The van der Waals surface area contributed by atoms with Crippen LogP contribution in [0, 0.1) is 0 Å². The van der Waals surface area contributed by atoms with Gasteiger partial charge in [-0.3, -0.25) is 19.2 Å². The number of hydrogen-bond acceptors (Lipinski definition) is 9. The van der Waals surface area contributed by atoms with E-state index in [-0.39, 0.29) is 30.6 Å². The molecule has 0 unspecified atom stereocenters. The maximum atomic E-state index is 13.6. The molecule has 5 aromatic rings. The van der Waals surface area contributed by atoms with Crippen molar-refractivity contribution in [2.75, 3.05) is 37.4 Å². The third-order valence-corrected chi connectivity index (χ3v) is 9.64. The lowest BCUT2D eigenvalue weighted by molar-refractivity contribution is -0.122. The Hall–Kier alpha value is -5.44. The number of fused-ring (bicyclic) bond motifs is 2. The number of amides is 2. The second-order valence-electron chi connectivity index (χ2n) is 14.0. The fourth-order valence-electron chi connectivity index (χ4n) is 6.87. The number of ether oxygens (including phenoxy) is 1. The minimum atomic E-state index is -0.284. The Morgan fingerprint density at radius 2 is 1.87 bits per heavy atom. The summed E-state index contributed by atoms with van der Waals surface area (Å²) in [4.78, 5) is 26.4. The topological polar surface area (TPSA) is 160 Å². The fourth-order valence-corrected chi connectivity index (χ4v) is 6.87. The van der Waals surface area contributed by atoms with E-state index in [1.54, 1.807) is 10.9 Å². The van der Waals surface area contributed by atoms with E-state index in [4.69, 9.17) is 19.7 Å². The van der Waals surface area contributed by atoms with Gasteiger partial charge in [-0.2, -0.15) is 10.2 Å². The van der Waals surface area contributed by atoms with Crippen LogP contribution < -0.4 is 20.3 Å². The van der Waals surface area contributed by atoms with Crippen LogP contribution in [0.25, 0.3) is 11.3 Å². The highest BCUT2D eigenvalue weighted by Gasteiger charge is 2.30. The molecule has 0 radical (unpaired) electrons. The quantitative estimate of drug-likeness (QED) is 0.155. The number of piperidine rings is 1. The average molecular weight is 712 g/mol. The molecule has 3 N–H and O–H groups in total. The molecule has 2 amide bonds. The van der Waals surface area contributed by atoms with Crippen molar-refractivity contribution in [2.24, 2.45) is 0 Å². The first-order valence-electron chi connectivity index (χ1n) is 17.9. The van der Waals surface area contributed by atoms with Crippen LogP contribution in [-0.2, 0) is 11.3 Å². The molecule has 2 aliphatic rings. The minimum absolute atomic E-state index is 0.150. The molecule has 15 nitrogen and oxygen atoms in total. The van der Waals surface area contributed by atoms with Crippen molar-refractivity contribution in [1.29, 1.82) is 0 Å². The van der Waals surface area contributed by atoms with E-state index < -0.39 is 0 Å². The van der Waals surface area contributed by atoms with Gasteiger partial charge < -0.3 is 25.0 Å². The zero-order valence-corrected chi connectivity index (χ0v) is 30.5. The second kappa shape index (κ2) is 16.3. The molecule has 15 heteroatoms. The summed E-state index contributed by atoms with van der Waals surface area (Å²) in [5.74, 6) is 2.43. The molecule has 1 aliphatic heterocycles. The van der Waals surface area contributed by atoms with Gasteiger partial charge in [-0.25, -0.2) is 9.48 Å². The molecule has 0 bridgehead atoms. The Balaban J connectivity index is 0.00000150. The number of anilines is 2. The Labute approximate surface area is 303 Å². The van der Waals surface area contributed by atoms with Crippen LogP contribution in [-0.4, -0.2) is 89.9 Å². The predicted molar refractivity (Wildman–Crippen MR) is 198 cm³/mol. The molecular formula is C37H49N11O4. The zero-order chi connectivity index (χ0) is 36.8. The van der Waals surface area contributed by atoms with E-state index in [2.05, 4.69) is 68.6 Å². The van der Waals surface area contributed by atoms with E-state index >= 15 is 0 Å². The molecule has 4 aromatic heterocycles. The number of urea groups is 1. The molecule has 1 saturated heterocycles. The van der Waals surface area contributed by atoms with Gasteiger partial charge in [-0.05, 0) is 82.3 Å². The first-order valence-corrected chi connectivity index (χ1v) is 17.9. The molecule has 1 fully saturated rings. The number of carboxylic acid groups (broad SMARTS) is 1. The van der Waals surface area contributed by atoms with Gasteiger partial charge in [0.05, 0.1) is 36.9 Å². The molecule has 7 rings (SSSR count). The zero-order valence-electron chi connectivity index (χ0n) is 30.5. The molecule has 0 spiro atoms. The van der Waals surface area contributed by atoms with Crippen molar-refractivity contribution in [2.45, 2.75) is 83.5 Å². The Morgan fingerprint density at radius 1 is 1.08 bits per heavy atom. The summed E-state index contributed by atoms with van der Waals surface area (Å²) in [7, 11) is 4.08. The van der Waals surface area contributed by atoms with Crippen molar-refractivity contribution in [3.63, 3.8) is 0 Å². The molecular weight excluding hydrogens is 662 g/mol. The van der Waals surface area contributed by atoms with Crippen LogP contribution in [0.1, 0.15) is 87.8 Å². The SMILES string of the molecule is CC(C)c1cc(NC(=O)N[C@H]2CC[C@@H](Oc3ccc4nnc(N5CCCC[C@@H]5C)n4c3)c3ccccc32)n(-c2cnn(CCN(C)C)c2)n1.O=CO. The summed E-state index contributed by atoms with van der Waals surface area (Å²) in [5, 5.41) is 31.5. The smallest absolute Gasteiger partial charge is 0.320 e. The van der Waals surface area contributed by atoms with E-state index in [1.807, 2.05) is 65.9 Å². The third kappa shape index (κ3) is 8.20. The maximum absolute atomic E-state index is 13.6. The fraction of sp³-hybridized carbons (Fsp3) is 0.459. The van der Waals surface area contributed by atoms with Gasteiger partial charge >= 0.3 is 6.03 Å². The van der Waals surface area contributed by atoms with Crippen molar-refractivity contribution >= 4 is 29.9 Å². The number of hydrogen-bond donors (Lipinski definition) is 3. The van der Waals surface area contributed by atoms with Crippen molar-refractivity contribution < 1.29 is 19.4 Å². The minimum Gasteiger partial charge on any atom is -0.484 e. The standard InChI is InChI=1S/C36H47N11O2.CH2O2/c1-24(2)31-20-34(47(42-31)26-21-37-44(22-26)19-18-43(4)5)39-35(48)38-30-14-15-32(29-12-7-6-11-28(29)30)49-27-13-16-33-40-41-36(46(33)23-27)45-17-9-8-10-25(45)3;2-1-3/h6-7,11-13,16,20-25,30,32H,8-10,14-15,17-19H2,1-5H3,(H2,38,39,48);1H,(H,2,3)/t25-,30-,32+;/m0./s1. The van der Waals surface area contributed by atoms with Crippen LogP contribution >= 0.6 is 0 Å². The van der Waals surface area contributed by atoms with E-state index in [0.29, 0.717) is 11.9 Å². The van der Waals surface area contributed by atoms with Gasteiger partial charge in [0.15, 0.2) is 5.65 Å². The highest BCUT2D eigenvalue weighted by Crippen LogP contribution is 2.39. The van der Waals surface area contributed by atoms with Crippen LogP contribution in [0.2, 0.25) is 0 Å². The third-order valence-electron chi connectivity index (χ3n) is 9.64. The summed E-state index contributed by atoms with van der Waals surface area (Å²) in [6, 6.07) is 14.1. The van der Waals surface area contributed by atoms with Crippen molar-refractivity contribution in [1.82, 2.24) is 44.4 Å². The largest absolute Gasteiger partial charge is 0.484 e. The Bertz CT molecular complexity index is 1970. The molecule has 52 heavy (non-hydrogen) atoms. The first kappa shape index (κ1) is 36.4. The molecule has 0 saturated carbocycles. The van der Waals surface area contributed by atoms with Gasteiger partial charge in [0.2, 0.25) is 5.95 Å². The van der Waals surface area contributed by atoms with E-state index in [1.165, 1.54) is 6.42 Å². The molecule has 5 heterocycles. The lowest BCUT2D eigenvalue weighted by Crippen LogP contribution is -2.38. The maximum Gasteiger partial charge on any atom is 0.320 e. The number of carbonyl (C=O) groups excluding carboxylic acids is 1. The van der Waals surface area contributed by atoms with Gasteiger partial charge in [0.1, 0.15) is 23.4 Å². The second-order valence-corrected chi connectivity index (χ2v) is 14.0. The lowest BCUT2D eigenvalue weighted by atomic mass is 9.85. The van der Waals surface area contributed by atoms with Gasteiger partial charge in [0.25, 0.3) is 6.47 Å². The van der Waals surface area contributed by atoms with Gasteiger partial charge in [-0.15, -0.1) is 10.2 Å². The van der Waals surface area contributed by atoms with Crippen molar-refractivity contribution in [3.8, 4) is 11.4 Å². The highest BCUT2D eigenvalue weighted by atomic mass is 16.5. The molecule has 3 atom stereocenters.